The summed E-state index contributed by atoms with van der Waals surface area (Å²) in [5.74, 6) is -0.0182. The van der Waals surface area contributed by atoms with Gasteiger partial charge in [0.15, 0.2) is 0 Å². The van der Waals surface area contributed by atoms with Gasteiger partial charge in [-0.15, -0.1) is 0 Å². The van der Waals surface area contributed by atoms with Crippen molar-refractivity contribution < 1.29 is 14.7 Å². The Morgan fingerprint density at radius 2 is 2.26 bits per heavy atom. The highest BCUT2D eigenvalue weighted by Crippen LogP contribution is 2.18. The van der Waals surface area contributed by atoms with E-state index in [1.54, 1.807) is 23.2 Å². The van der Waals surface area contributed by atoms with E-state index in [1.807, 2.05) is 4.90 Å². The van der Waals surface area contributed by atoms with E-state index >= 15 is 0 Å². The lowest BCUT2D eigenvalue weighted by Gasteiger charge is -2.36. The average Bonchev–Trinajstić information content (AvgIpc) is 2.99. The third-order valence-electron chi connectivity index (χ3n) is 4.20. The predicted octanol–water partition coefficient (Wildman–Crippen LogP) is 0.817. The van der Waals surface area contributed by atoms with Crippen LogP contribution in [0.4, 0.5) is 4.79 Å². The maximum atomic E-state index is 12.3. The number of hydrogen-bond acceptors (Lipinski definition) is 4. The Kier molecular flexibility index (Phi) is 4.45. The zero-order valence-corrected chi connectivity index (χ0v) is 12.8. The molecule has 0 saturated carbocycles. The van der Waals surface area contributed by atoms with Crippen molar-refractivity contribution >= 4 is 18.0 Å². The summed E-state index contributed by atoms with van der Waals surface area (Å²) in [6.07, 6.45) is 7.87. The van der Waals surface area contributed by atoms with Crippen LogP contribution in [-0.2, 0) is 4.79 Å². The van der Waals surface area contributed by atoms with Gasteiger partial charge >= 0.3 is 6.03 Å². The van der Waals surface area contributed by atoms with Gasteiger partial charge in [-0.3, -0.25) is 9.78 Å². The van der Waals surface area contributed by atoms with E-state index in [4.69, 9.17) is 0 Å². The topological polar surface area (TPSA) is 85.8 Å². The minimum absolute atomic E-state index is 0.0364. The summed E-state index contributed by atoms with van der Waals surface area (Å²) in [5, 5.41) is 12.2. The molecule has 2 aliphatic heterocycles. The van der Waals surface area contributed by atoms with E-state index in [0.717, 1.165) is 12.8 Å². The van der Waals surface area contributed by atoms with Gasteiger partial charge in [0.2, 0.25) is 5.91 Å². The number of nitrogens with zero attached hydrogens (tertiary/aromatic N) is 3. The van der Waals surface area contributed by atoms with E-state index < -0.39 is 0 Å². The summed E-state index contributed by atoms with van der Waals surface area (Å²) in [6, 6.07) is 1.60. The molecule has 3 heterocycles. The first kappa shape index (κ1) is 15.3. The van der Waals surface area contributed by atoms with Crippen LogP contribution in [0.1, 0.15) is 18.4 Å². The molecule has 3 amide bonds. The maximum absolute atomic E-state index is 12.3. The fourth-order valence-corrected chi connectivity index (χ4v) is 3.05. The number of hydrogen-bond donors (Lipinski definition) is 2. The quantitative estimate of drug-likeness (QED) is 0.808. The van der Waals surface area contributed by atoms with Crippen LogP contribution >= 0.6 is 0 Å². The Balaban J connectivity index is 1.61. The van der Waals surface area contributed by atoms with Crippen LogP contribution in [0.25, 0.3) is 6.08 Å². The molecule has 0 radical (unpaired) electrons. The molecule has 1 aromatic rings. The first-order valence-electron chi connectivity index (χ1n) is 7.79. The van der Waals surface area contributed by atoms with Crippen molar-refractivity contribution in [3.8, 4) is 5.75 Å². The van der Waals surface area contributed by atoms with Crippen molar-refractivity contribution in [1.82, 2.24) is 20.1 Å². The van der Waals surface area contributed by atoms with Gasteiger partial charge in [-0.1, -0.05) is 0 Å². The van der Waals surface area contributed by atoms with Gasteiger partial charge in [0.1, 0.15) is 5.75 Å². The Morgan fingerprint density at radius 3 is 3.00 bits per heavy atom. The molecule has 3 rings (SSSR count). The number of urea groups is 1. The molecule has 2 saturated heterocycles. The van der Waals surface area contributed by atoms with Crippen LogP contribution in [0, 0.1) is 0 Å². The highest BCUT2D eigenvalue weighted by atomic mass is 16.3. The van der Waals surface area contributed by atoms with Crippen molar-refractivity contribution in [2.45, 2.75) is 18.9 Å². The average molecular weight is 316 g/mol. The molecule has 0 spiro atoms. The first-order valence-corrected chi connectivity index (χ1v) is 7.79. The molecule has 7 nitrogen and oxygen atoms in total. The number of aromatic nitrogens is 1. The van der Waals surface area contributed by atoms with Gasteiger partial charge in [-0.25, -0.2) is 4.79 Å². The molecule has 1 unspecified atom stereocenters. The molecular weight excluding hydrogens is 296 g/mol. The minimum atomic E-state index is -0.0855. The molecule has 7 heteroatoms. The standard InChI is InChI=1S/C16H20N4O3/c21-14-8-12(9-17-10-14)3-4-15(22)19-6-1-2-13(11-19)20-7-5-18-16(20)23/h3-4,8-10,13,21H,1-2,5-7,11H2,(H,18,23)/b4-3+. The Labute approximate surface area is 134 Å². The zero-order valence-electron chi connectivity index (χ0n) is 12.8. The maximum Gasteiger partial charge on any atom is 0.317 e. The Hall–Kier alpha value is -2.57. The van der Waals surface area contributed by atoms with Gasteiger partial charge < -0.3 is 20.2 Å². The number of likely N-dealkylation sites (tertiary alicyclic amines) is 1. The summed E-state index contributed by atoms with van der Waals surface area (Å²) in [4.78, 5) is 31.6. The molecule has 1 aromatic heterocycles. The first-order chi connectivity index (χ1) is 11.1. The van der Waals surface area contributed by atoms with Crippen LogP contribution < -0.4 is 5.32 Å². The van der Waals surface area contributed by atoms with Crippen molar-refractivity contribution in [1.29, 1.82) is 0 Å². The second-order valence-corrected chi connectivity index (χ2v) is 5.82. The lowest BCUT2D eigenvalue weighted by atomic mass is 10.0. The number of carbonyl (C=O) groups is 2. The van der Waals surface area contributed by atoms with Gasteiger partial charge in [-0.2, -0.15) is 0 Å². The van der Waals surface area contributed by atoms with Gasteiger partial charge in [0, 0.05) is 38.5 Å². The van der Waals surface area contributed by atoms with Gasteiger partial charge in [0.25, 0.3) is 0 Å². The van der Waals surface area contributed by atoms with Crippen LogP contribution in [0.5, 0.6) is 5.75 Å². The minimum Gasteiger partial charge on any atom is -0.506 e. The fraction of sp³-hybridized carbons (Fsp3) is 0.438. The molecule has 122 valence electrons. The lowest BCUT2D eigenvalue weighted by Crippen LogP contribution is -2.50. The predicted molar refractivity (Wildman–Crippen MR) is 84.6 cm³/mol. The second-order valence-electron chi connectivity index (χ2n) is 5.82. The van der Waals surface area contributed by atoms with E-state index in [2.05, 4.69) is 10.3 Å². The second kappa shape index (κ2) is 6.68. The van der Waals surface area contributed by atoms with Gasteiger partial charge in [-0.05, 0) is 30.5 Å². The molecule has 0 aliphatic carbocycles. The highest BCUT2D eigenvalue weighted by molar-refractivity contribution is 5.92. The number of amides is 3. The molecule has 0 aromatic carbocycles. The van der Waals surface area contributed by atoms with Crippen molar-refractivity contribution in [3.05, 3.63) is 30.1 Å². The highest BCUT2D eigenvalue weighted by Gasteiger charge is 2.32. The largest absolute Gasteiger partial charge is 0.506 e. The van der Waals surface area contributed by atoms with Crippen LogP contribution in [0.2, 0.25) is 0 Å². The normalized spacial score (nSPS) is 21.7. The van der Waals surface area contributed by atoms with Gasteiger partial charge in [0.05, 0.1) is 12.2 Å². The number of rotatable bonds is 3. The van der Waals surface area contributed by atoms with Crippen molar-refractivity contribution in [2.75, 3.05) is 26.2 Å². The summed E-state index contributed by atoms with van der Waals surface area (Å²) < 4.78 is 0. The Bertz CT molecular complexity index is 632. The van der Waals surface area contributed by atoms with E-state index in [0.29, 0.717) is 31.7 Å². The summed E-state index contributed by atoms with van der Waals surface area (Å²) in [7, 11) is 0. The zero-order chi connectivity index (χ0) is 16.2. The summed E-state index contributed by atoms with van der Waals surface area (Å²) >= 11 is 0. The van der Waals surface area contributed by atoms with E-state index in [9.17, 15) is 14.7 Å². The van der Waals surface area contributed by atoms with E-state index in [1.165, 1.54) is 12.3 Å². The van der Waals surface area contributed by atoms with Crippen molar-refractivity contribution in [3.63, 3.8) is 0 Å². The molecule has 0 bridgehead atoms. The van der Waals surface area contributed by atoms with E-state index in [-0.39, 0.29) is 23.7 Å². The molecule has 23 heavy (non-hydrogen) atoms. The third kappa shape index (κ3) is 3.61. The monoisotopic (exact) mass is 316 g/mol. The van der Waals surface area contributed by atoms with Crippen LogP contribution in [-0.4, -0.2) is 64.0 Å². The third-order valence-corrected chi connectivity index (χ3v) is 4.20. The molecule has 2 aliphatic rings. The lowest BCUT2D eigenvalue weighted by molar-refractivity contribution is -0.127. The number of pyridine rings is 1. The number of aromatic hydroxyl groups is 1. The summed E-state index contributed by atoms with van der Waals surface area (Å²) in [5.41, 5.74) is 0.672. The molecule has 2 N–H and O–H groups in total. The smallest absolute Gasteiger partial charge is 0.317 e. The van der Waals surface area contributed by atoms with Crippen LogP contribution in [0.3, 0.4) is 0 Å². The molecular formula is C16H20N4O3. The fourth-order valence-electron chi connectivity index (χ4n) is 3.05. The van der Waals surface area contributed by atoms with Crippen molar-refractivity contribution in [2.24, 2.45) is 0 Å². The number of carbonyl (C=O) groups excluding carboxylic acids is 2. The van der Waals surface area contributed by atoms with Crippen LogP contribution in [0.15, 0.2) is 24.5 Å². The molecule has 2 fully saturated rings. The number of nitrogens with one attached hydrogen (secondary N) is 1. The Morgan fingerprint density at radius 1 is 1.39 bits per heavy atom. The SMILES string of the molecule is O=C(/C=C/c1cncc(O)c1)N1CCCC(N2CCNC2=O)C1. The summed E-state index contributed by atoms with van der Waals surface area (Å²) in [6.45, 7) is 2.65. The molecule has 1 atom stereocenters. The number of piperidine rings is 1.